The molecule has 1 rings (SSSR count). The van der Waals surface area contributed by atoms with Crippen LogP contribution in [0.3, 0.4) is 0 Å². The summed E-state index contributed by atoms with van der Waals surface area (Å²) < 4.78 is 0. The van der Waals surface area contributed by atoms with Crippen molar-refractivity contribution in [2.45, 2.75) is 71.4 Å². The van der Waals surface area contributed by atoms with Gasteiger partial charge in [-0.3, -0.25) is 4.79 Å². The van der Waals surface area contributed by atoms with Gasteiger partial charge < -0.3 is 10.6 Å². The number of nitrogens with two attached hydrogens (primary N) is 1. The largest absolute Gasteiger partial charge is 0.338 e. The van der Waals surface area contributed by atoms with Crippen LogP contribution < -0.4 is 5.73 Å². The number of nitrogens with zero attached hydrogens (tertiary/aromatic N) is 1. The van der Waals surface area contributed by atoms with E-state index in [2.05, 4.69) is 25.7 Å². The molecule has 17 heavy (non-hydrogen) atoms. The Labute approximate surface area is 106 Å². The van der Waals surface area contributed by atoms with Crippen LogP contribution in [0.2, 0.25) is 0 Å². The minimum absolute atomic E-state index is 0.178. The van der Waals surface area contributed by atoms with Crippen molar-refractivity contribution < 1.29 is 4.79 Å². The average molecular weight is 240 g/mol. The molecule has 0 spiro atoms. The highest BCUT2D eigenvalue weighted by Crippen LogP contribution is 2.22. The van der Waals surface area contributed by atoms with Crippen molar-refractivity contribution in [3.8, 4) is 0 Å². The van der Waals surface area contributed by atoms with Gasteiger partial charge in [0.2, 0.25) is 5.91 Å². The lowest BCUT2D eigenvalue weighted by Gasteiger charge is -2.38. The molecule has 2 unspecified atom stereocenters. The van der Waals surface area contributed by atoms with Crippen molar-refractivity contribution in [3.63, 3.8) is 0 Å². The lowest BCUT2D eigenvalue weighted by atomic mass is 9.94. The van der Waals surface area contributed by atoms with E-state index in [-0.39, 0.29) is 17.9 Å². The molecule has 0 saturated carbocycles. The van der Waals surface area contributed by atoms with Gasteiger partial charge in [-0.2, -0.15) is 0 Å². The minimum atomic E-state index is -0.308. The van der Waals surface area contributed by atoms with Crippen molar-refractivity contribution in [2.24, 2.45) is 11.7 Å². The zero-order chi connectivity index (χ0) is 12.8. The Balaban J connectivity index is 2.64. The van der Waals surface area contributed by atoms with Gasteiger partial charge in [-0.05, 0) is 31.6 Å². The zero-order valence-electron chi connectivity index (χ0n) is 11.6. The van der Waals surface area contributed by atoms with Crippen LogP contribution in [0.15, 0.2) is 0 Å². The summed E-state index contributed by atoms with van der Waals surface area (Å²) in [4.78, 5) is 14.4. The topological polar surface area (TPSA) is 46.3 Å². The molecule has 1 aliphatic heterocycles. The minimum Gasteiger partial charge on any atom is -0.338 e. The molecule has 1 aliphatic rings. The van der Waals surface area contributed by atoms with Gasteiger partial charge in [-0.25, -0.2) is 0 Å². The monoisotopic (exact) mass is 240 g/mol. The zero-order valence-corrected chi connectivity index (χ0v) is 11.6. The van der Waals surface area contributed by atoms with Gasteiger partial charge >= 0.3 is 0 Å². The maximum atomic E-state index is 12.4. The van der Waals surface area contributed by atoms with Gasteiger partial charge in [0.1, 0.15) is 0 Å². The Bertz CT molecular complexity index is 240. The maximum absolute atomic E-state index is 12.4. The molecule has 0 aromatic carbocycles. The number of hydrogen-bond donors (Lipinski definition) is 1. The van der Waals surface area contributed by atoms with Crippen LogP contribution in [-0.4, -0.2) is 29.4 Å². The van der Waals surface area contributed by atoms with E-state index in [1.54, 1.807) is 0 Å². The number of piperidine rings is 1. The van der Waals surface area contributed by atoms with Gasteiger partial charge in [-0.1, -0.05) is 33.6 Å². The second kappa shape index (κ2) is 7.00. The molecule has 1 amide bonds. The van der Waals surface area contributed by atoms with E-state index in [9.17, 15) is 4.79 Å². The summed E-state index contributed by atoms with van der Waals surface area (Å²) in [5.74, 6) is 0.462. The lowest BCUT2D eigenvalue weighted by molar-refractivity contribution is -0.137. The Hall–Kier alpha value is -0.570. The van der Waals surface area contributed by atoms with Gasteiger partial charge in [0.15, 0.2) is 0 Å². The van der Waals surface area contributed by atoms with Crippen LogP contribution in [0, 0.1) is 5.92 Å². The standard InChI is InChI=1S/C14H28N2O/c1-4-8-12-9-6-7-10-16(12)14(17)13(15)11(3)5-2/h11-13H,4-10,15H2,1-3H3/t11?,12?,13-/m0/s1. The van der Waals surface area contributed by atoms with Crippen LogP contribution in [0.4, 0.5) is 0 Å². The Morgan fingerprint density at radius 1 is 1.41 bits per heavy atom. The number of carbonyl (C=O) groups excluding carboxylic acids is 1. The van der Waals surface area contributed by atoms with E-state index >= 15 is 0 Å². The second-order valence-corrected chi connectivity index (χ2v) is 5.38. The summed E-state index contributed by atoms with van der Waals surface area (Å²) in [5, 5.41) is 0. The SMILES string of the molecule is CCCC1CCCCN1C(=O)[C@@H](N)C(C)CC. The molecule has 1 heterocycles. The number of carbonyl (C=O) groups is 1. The van der Waals surface area contributed by atoms with Gasteiger partial charge in [-0.15, -0.1) is 0 Å². The number of hydrogen-bond acceptors (Lipinski definition) is 2. The fraction of sp³-hybridized carbons (Fsp3) is 0.929. The summed E-state index contributed by atoms with van der Waals surface area (Å²) in [5.41, 5.74) is 6.07. The summed E-state index contributed by atoms with van der Waals surface area (Å²) >= 11 is 0. The molecule has 0 bridgehead atoms. The van der Waals surface area contributed by atoms with Crippen molar-refractivity contribution >= 4 is 5.91 Å². The second-order valence-electron chi connectivity index (χ2n) is 5.38. The molecule has 3 nitrogen and oxygen atoms in total. The molecular formula is C14H28N2O. The highest BCUT2D eigenvalue weighted by atomic mass is 16.2. The number of amides is 1. The fourth-order valence-electron chi connectivity index (χ4n) is 2.61. The number of likely N-dealkylation sites (tertiary alicyclic amines) is 1. The van der Waals surface area contributed by atoms with E-state index < -0.39 is 0 Å². The van der Waals surface area contributed by atoms with Gasteiger partial charge in [0, 0.05) is 12.6 Å². The van der Waals surface area contributed by atoms with Crippen molar-refractivity contribution in [1.29, 1.82) is 0 Å². The highest BCUT2D eigenvalue weighted by Gasteiger charge is 2.31. The van der Waals surface area contributed by atoms with Crippen molar-refractivity contribution in [2.75, 3.05) is 6.54 Å². The van der Waals surface area contributed by atoms with Crippen molar-refractivity contribution in [3.05, 3.63) is 0 Å². The summed E-state index contributed by atoms with van der Waals surface area (Å²) in [6.45, 7) is 7.26. The predicted octanol–water partition coefficient (Wildman–Crippen LogP) is 2.54. The van der Waals surface area contributed by atoms with Crippen LogP contribution in [-0.2, 0) is 4.79 Å². The van der Waals surface area contributed by atoms with Crippen LogP contribution >= 0.6 is 0 Å². The molecule has 0 aliphatic carbocycles. The Kier molecular flexibility index (Phi) is 5.96. The smallest absolute Gasteiger partial charge is 0.240 e. The first kappa shape index (κ1) is 14.5. The third-order valence-corrected chi connectivity index (χ3v) is 4.07. The van der Waals surface area contributed by atoms with E-state index in [1.165, 1.54) is 6.42 Å². The summed E-state index contributed by atoms with van der Waals surface area (Å²) in [6, 6.07) is 0.133. The first-order valence-electron chi connectivity index (χ1n) is 7.17. The fourth-order valence-corrected chi connectivity index (χ4v) is 2.61. The summed E-state index contributed by atoms with van der Waals surface area (Å²) in [7, 11) is 0. The number of rotatable bonds is 5. The quantitative estimate of drug-likeness (QED) is 0.802. The molecule has 0 aromatic rings. The molecule has 100 valence electrons. The molecule has 1 saturated heterocycles. The van der Waals surface area contributed by atoms with Gasteiger partial charge in [0.25, 0.3) is 0 Å². The average Bonchev–Trinajstić information content (AvgIpc) is 2.37. The third-order valence-electron chi connectivity index (χ3n) is 4.07. The van der Waals surface area contributed by atoms with E-state index in [0.717, 1.165) is 38.6 Å². The van der Waals surface area contributed by atoms with Gasteiger partial charge in [0.05, 0.1) is 6.04 Å². The first-order valence-corrected chi connectivity index (χ1v) is 7.17. The Morgan fingerprint density at radius 3 is 2.71 bits per heavy atom. The van der Waals surface area contributed by atoms with E-state index in [0.29, 0.717) is 6.04 Å². The molecule has 2 N–H and O–H groups in total. The van der Waals surface area contributed by atoms with Crippen LogP contribution in [0.25, 0.3) is 0 Å². The molecule has 0 aromatic heterocycles. The molecular weight excluding hydrogens is 212 g/mol. The van der Waals surface area contributed by atoms with E-state index in [1.807, 2.05) is 0 Å². The highest BCUT2D eigenvalue weighted by molar-refractivity contribution is 5.82. The summed E-state index contributed by atoms with van der Waals surface area (Å²) in [6.07, 6.45) is 6.80. The predicted molar refractivity (Wildman–Crippen MR) is 71.7 cm³/mol. The van der Waals surface area contributed by atoms with Crippen LogP contribution in [0.1, 0.15) is 59.3 Å². The molecule has 3 heteroatoms. The Morgan fingerprint density at radius 2 is 2.12 bits per heavy atom. The maximum Gasteiger partial charge on any atom is 0.240 e. The molecule has 1 fully saturated rings. The molecule has 3 atom stereocenters. The van der Waals surface area contributed by atoms with Crippen LogP contribution in [0.5, 0.6) is 0 Å². The first-order chi connectivity index (χ1) is 8.11. The lowest BCUT2D eigenvalue weighted by Crippen LogP contribution is -2.52. The van der Waals surface area contributed by atoms with Crippen molar-refractivity contribution in [1.82, 2.24) is 4.90 Å². The van der Waals surface area contributed by atoms with E-state index in [4.69, 9.17) is 5.73 Å². The molecule has 0 radical (unpaired) electrons. The normalized spacial score (nSPS) is 24.5. The third kappa shape index (κ3) is 3.70.